The first-order chi connectivity index (χ1) is 15.6. The predicted octanol–water partition coefficient (Wildman–Crippen LogP) is 3.64. The van der Waals surface area contributed by atoms with Gasteiger partial charge in [-0.15, -0.1) is 0 Å². The zero-order chi connectivity index (χ0) is 22.9. The van der Waals surface area contributed by atoms with Crippen molar-refractivity contribution in [1.29, 1.82) is 0 Å². The molecule has 7 nitrogen and oxygen atoms in total. The number of guanidine groups is 1. The molecule has 0 bridgehead atoms. The van der Waals surface area contributed by atoms with Crippen molar-refractivity contribution >= 4 is 11.6 Å². The maximum atomic E-state index is 5.56. The molecule has 0 radical (unpaired) electrons. The van der Waals surface area contributed by atoms with Crippen LogP contribution >= 0.6 is 0 Å². The van der Waals surface area contributed by atoms with E-state index in [0.29, 0.717) is 12.5 Å². The standard InChI is InChI=1S/C25H36N4O3/c1-6-26-25(28(2)18-20-10-11-23(31-4)15-24(20)32-5)27-16-19-12-13-29(17-19)21-8-7-9-22(14-21)30-3/h7-11,14-15,19H,6,12-13,16-18H2,1-5H3,(H,26,27). The van der Waals surface area contributed by atoms with E-state index in [4.69, 9.17) is 19.2 Å². The van der Waals surface area contributed by atoms with Crippen LogP contribution in [0.3, 0.4) is 0 Å². The molecule has 1 unspecified atom stereocenters. The first-order valence-electron chi connectivity index (χ1n) is 11.2. The third-order valence-electron chi connectivity index (χ3n) is 5.80. The van der Waals surface area contributed by atoms with Gasteiger partial charge in [-0.05, 0) is 43.5 Å². The summed E-state index contributed by atoms with van der Waals surface area (Å²) in [5, 5.41) is 3.42. The average Bonchev–Trinajstić information content (AvgIpc) is 3.31. The molecule has 0 amide bonds. The number of benzene rings is 2. The van der Waals surface area contributed by atoms with E-state index < -0.39 is 0 Å². The maximum Gasteiger partial charge on any atom is 0.193 e. The summed E-state index contributed by atoms with van der Waals surface area (Å²) in [6, 6.07) is 14.2. The van der Waals surface area contributed by atoms with Crippen molar-refractivity contribution in [1.82, 2.24) is 10.2 Å². The Balaban J connectivity index is 1.63. The number of aliphatic imine (C=N–C) groups is 1. The van der Waals surface area contributed by atoms with Gasteiger partial charge in [-0.2, -0.15) is 0 Å². The molecule has 3 rings (SSSR count). The van der Waals surface area contributed by atoms with Crippen molar-refractivity contribution in [3.05, 3.63) is 48.0 Å². The van der Waals surface area contributed by atoms with Gasteiger partial charge in [0.15, 0.2) is 5.96 Å². The lowest BCUT2D eigenvalue weighted by atomic mass is 10.1. The van der Waals surface area contributed by atoms with Crippen LogP contribution in [-0.4, -0.2) is 65.4 Å². The quantitative estimate of drug-likeness (QED) is 0.475. The van der Waals surface area contributed by atoms with E-state index in [1.165, 1.54) is 5.69 Å². The third kappa shape index (κ3) is 5.99. The summed E-state index contributed by atoms with van der Waals surface area (Å²) in [6.07, 6.45) is 1.14. The van der Waals surface area contributed by atoms with E-state index in [1.54, 1.807) is 21.3 Å². The Labute approximate surface area is 192 Å². The van der Waals surface area contributed by atoms with Crippen LogP contribution < -0.4 is 24.4 Å². The van der Waals surface area contributed by atoms with Crippen LogP contribution in [0, 0.1) is 5.92 Å². The molecule has 0 aromatic heterocycles. The molecule has 1 saturated heterocycles. The van der Waals surface area contributed by atoms with Gasteiger partial charge < -0.3 is 29.3 Å². The van der Waals surface area contributed by atoms with E-state index in [1.807, 2.05) is 30.3 Å². The molecule has 1 aliphatic heterocycles. The van der Waals surface area contributed by atoms with Gasteiger partial charge in [0.25, 0.3) is 0 Å². The zero-order valence-electron chi connectivity index (χ0n) is 19.9. The fraction of sp³-hybridized carbons (Fsp3) is 0.480. The predicted molar refractivity (Wildman–Crippen MR) is 130 cm³/mol. The fourth-order valence-electron chi connectivity index (χ4n) is 4.02. The second-order valence-electron chi connectivity index (χ2n) is 8.03. The van der Waals surface area contributed by atoms with Crippen LogP contribution in [0.1, 0.15) is 18.9 Å². The summed E-state index contributed by atoms with van der Waals surface area (Å²) in [5.74, 6) is 3.94. The summed E-state index contributed by atoms with van der Waals surface area (Å²) < 4.78 is 16.2. The van der Waals surface area contributed by atoms with Gasteiger partial charge in [-0.3, -0.25) is 4.99 Å². The number of ether oxygens (including phenoxy) is 3. The number of hydrogen-bond donors (Lipinski definition) is 1. The van der Waals surface area contributed by atoms with Crippen LogP contribution in [0.25, 0.3) is 0 Å². The molecule has 1 atom stereocenters. The Morgan fingerprint density at radius 1 is 1.09 bits per heavy atom. The van der Waals surface area contributed by atoms with Crippen molar-refractivity contribution in [3.63, 3.8) is 0 Å². The molecule has 32 heavy (non-hydrogen) atoms. The molecule has 0 spiro atoms. The van der Waals surface area contributed by atoms with Crippen LogP contribution in [-0.2, 0) is 6.54 Å². The minimum absolute atomic E-state index is 0.527. The molecule has 0 saturated carbocycles. The van der Waals surface area contributed by atoms with Gasteiger partial charge in [0.1, 0.15) is 17.2 Å². The highest BCUT2D eigenvalue weighted by atomic mass is 16.5. The largest absolute Gasteiger partial charge is 0.497 e. The summed E-state index contributed by atoms with van der Waals surface area (Å²) in [5.41, 5.74) is 2.30. The molecular formula is C25H36N4O3. The average molecular weight is 441 g/mol. The Bertz CT molecular complexity index is 903. The number of nitrogens with zero attached hydrogens (tertiary/aromatic N) is 3. The minimum atomic E-state index is 0.527. The van der Waals surface area contributed by atoms with E-state index in [0.717, 1.165) is 61.4 Å². The molecular weight excluding hydrogens is 404 g/mol. The molecule has 174 valence electrons. The van der Waals surface area contributed by atoms with Crippen molar-refractivity contribution < 1.29 is 14.2 Å². The van der Waals surface area contributed by atoms with Crippen molar-refractivity contribution in [2.45, 2.75) is 19.9 Å². The van der Waals surface area contributed by atoms with Gasteiger partial charge in [0, 0.05) is 63.2 Å². The first kappa shape index (κ1) is 23.6. The molecule has 1 heterocycles. The number of hydrogen-bond acceptors (Lipinski definition) is 5. The van der Waals surface area contributed by atoms with E-state index in [9.17, 15) is 0 Å². The number of methoxy groups -OCH3 is 3. The van der Waals surface area contributed by atoms with E-state index in [2.05, 4.69) is 41.2 Å². The molecule has 1 fully saturated rings. The van der Waals surface area contributed by atoms with Gasteiger partial charge in [-0.1, -0.05) is 6.07 Å². The van der Waals surface area contributed by atoms with E-state index >= 15 is 0 Å². The second kappa shape index (κ2) is 11.5. The number of anilines is 1. The highest BCUT2D eigenvalue weighted by Gasteiger charge is 2.23. The molecule has 2 aromatic rings. The normalized spacial score (nSPS) is 16.1. The lowest BCUT2D eigenvalue weighted by Gasteiger charge is -2.24. The van der Waals surface area contributed by atoms with Crippen LogP contribution in [0.4, 0.5) is 5.69 Å². The lowest BCUT2D eigenvalue weighted by Crippen LogP contribution is -2.39. The Morgan fingerprint density at radius 2 is 1.88 bits per heavy atom. The topological polar surface area (TPSA) is 58.6 Å². The molecule has 2 aromatic carbocycles. The van der Waals surface area contributed by atoms with Gasteiger partial charge in [0.05, 0.1) is 21.3 Å². The monoisotopic (exact) mass is 440 g/mol. The highest BCUT2D eigenvalue weighted by molar-refractivity contribution is 5.79. The lowest BCUT2D eigenvalue weighted by molar-refractivity contribution is 0.382. The molecule has 1 aliphatic rings. The van der Waals surface area contributed by atoms with Gasteiger partial charge in [-0.25, -0.2) is 0 Å². The Kier molecular flexibility index (Phi) is 8.48. The van der Waals surface area contributed by atoms with Crippen LogP contribution in [0.2, 0.25) is 0 Å². The minimum Gasteiger partial charge on any atom is -0.497 e. The van der Waals surface area contributed by atoms with Crippen molar-refractivity contribution in [2.75, 3.05) is 59.5 Å². The Morgan fingerprint density at radius 3 is 2.59 bits per heavy atom. The summed E-state index contributed by atoms with van der Waals surface area (Å²) in [7, 11) is 7.12. The first-order valence-corrected chi connectivity index (χ1v) is 11.2. The molecule has 7 heteroatoms. The molecule has 1 N–H and O–H groups in total. The third-order valence-corrected chi connectivity index (χ3v) is 5.80. The SMILES string of the molecule is CCNC(=NCC1CCN(c2cccc(OC)c2)C1)N(C)Cc1ccc(OC)cc1OC. The van der Waals surface area contributed by atoms with Crippen molar-refractivity contribution in [3.8, 4) is 17.2 Å². The summed E-state index contributed by atoms with van der Waals surface area (Å²) in [4.78, 5) is 9.52. The zero-order valence-corrected chi connectivity index (χ0v) is 19.9. The van der Waals surface area contributed by atoms with Gasteiger partial charge in [0.2, 0.25) is 0 Å². The molecule has 0 aliphatic carbocycles. The Hall–Kier alpha value is -3.09. The maximum absolute atomic E-state index is 5.56. The van der Waals surface area contributed by atoms with Crippen LogP contribution in [0.5, 0.6) is 17.2 Å². The fourth-order valence-corrected chi connectivity index (χ4v) is 4.02. The second-order valence-corrected chi connectivity index (χ2v) is 8.03. The van der Waals surface area contributed by atoms with Crippen LogP contribution in [0.15, 0.2) is 47.5 Å². The number of rotatable bonds is 9. The summed E-state index contributed by atoms with van der Waals surface area (Å²) in [6.45, 7) is 6.46. The van der Waals surface area contributed by atoms with E-state index in [-0.39, 0.29) is 0 Å². The smallest absolute Gasteiger partial charge is 0.193 e. The summed E-state index contributed by atoms with van der Waals surface area (Å²) >= 11 is 0. The van der Waals surface area contributed by atoms with Gasteiger partial charge >= 0.3 is 0 Å². The highest BCUT2D eigenvalue weighted by Crippen LogP contribution is 2.28. The van der Waals surface area contributed by atoms with Crippen molar-refractivity contribution in [2.24, 2.45) is 10.9 Å². The number of nitrogens with one attached hydrogen (secondary N) is 1.